The van der Waals surface area contributed by atoms with Crippen LogP contribution in [0.4, 0.5) is 0 Å². The average Bonchev–Trinajstić information content (AvgIpc) is 2.52. The Morgan fingerprint density at radius 1 is 1.05 bits per heavy atom. The molecule has 0 fully saturated rings. The molecule has 22 heavy (non-hydrogen) atoms. The van der Waals surface area contributed by atoms with Gasteiger partial charge in [0.25, 0.3) is 0 Å². The second kappa shape index (κ2) is 9.50. The molecule has 0 amide bonds. The lowest BCUT2D eigenvalue weighted by atomic mass is 10.1. The summed E-state index contributed by atoms with van der Waals surface area (Å²) in [7, 11) is 0. The minimum absolute atomic E-state index is 0. The quantitative estimate of drug-likeness (QED) is 0.785. The molecule has 2 aromatic rings. The molecule has 1 atom stereocenters. The van der Waals surface area contributed by atoms with E-state index in [1.165, 1.54) is 16.7 Å². The summed E-state index contributed by atoms with van der Waals surface area (Å²) in [6, 6.07) is 17.3. The monoisotopic (exact) mass is 319 g/mol. The van der Waals surface area contributed by atoms with Gasteiger partial charge in [-0.1, -0.05) is 48.9 Å². The van der Waals surface area contributed by atoms with Crippen LogP contribution in [0.2, 0.25) is 0 Å². The largest absolute Gasteiger partial charge is 0.489 e. The van der Waals surface area contributed by atoms with Gasteiger partial charge in [0.15, 0.2) is 0 Å². The van der Waals surface area contributed by atoms with Crippen molar-refractivity contribution in [3.05, 3.63) is 65.2 Å². The van der Waals surface area contributed by atoms with Crippen molar-refractivity contribution in [2.45, 2.75) is 46.4 Å². The molecule has 0 radical (unpaired) electrons. The second-order valence-corrected chi connectivity index (χ2v) is 5.61. The zero-order valence-electron chi connectivity index (χ0n) is 13.6. The minimum Gasteiger partial charge on any atom is -0.489 e. The topological polar surface area (TPSA) is 21.3 Å². The van der Waals surface area contributed by atoms with Crippen molar-refractivity contribution >= 4 is 12.4 Å². The number of halogens is 1. The fourth-order valence-electron chi connectivity index (χ4n) is 2.03. The van der Waals surface area contributed by atoms with Crippen molar-refractivity contribution in [3.63, 3.8) is 0 Å². The third-order valence-corrected chi connectivity index (χ3v) is 3.69. The maximum atomic E-state index is 5.88. The normalized spacial score (nSPS) is 11.6. The predicted octanol–water partition coefficient (Wildman–Crippen LogP) is 4.88. The highest BCUT2D eigenvalue weighted by Crippen LogP contribution is 2.15. The van der Waals surface area contributed by atoms with Gasteiger partial charge in [-0.05, 0) is 43.5 Å². The lowest BCUT2D eigenvalue weighted by Crippen LogP contribution is -2.24. The Labute approximate surface area is 140 Å². The number of ether oxygens (including phenoxy) is 1. The van der Waals surface area contributed by atoms with Crippen LogP contribution in [0.3, 0.4) is 0 Å². The SMILES string of the molecule is CCC(C)NCc1cccc(OCc2ccc(C)cc2)c1.Cl. The molecule has 0 aromatic heterocycles. The van der Waals surface area contributed by atoms with E-state index in [-0.39, 0.29) is 12.4 Å². The first-order valence-corrected chi connectivity index (χ1v) is 7.68. The third kappa shape index (κ3) is 6.08. The molecule has 2 rings (SSSR count). The Hall–Kier alpha value is -1.51. The number of hydrogen-bond donors (Lipinski definition) is 1. The summed E-state index contributed by atoms with van der Waals surface area (Å²) < 4.78 is 5.88. The highest BCUT2D eigenvalue weighted by Gasteiger charge is 2.01. The summed E-state index contributed by atoms with van der Waals surface area (Å²) in [5.74, 6) is 0.930. The summed E-state index contributed by atoms with van der Waals surface area (Å²) in [4.78, 5) is 0. The van der Waals surface area contributed by atoms with Crippen LogP contribution in [-0.4, -0.2) is 6.04 Å². The number of benzene rings is 2. The van der Waals surface area contributed by atoms with Gasteiger partial charge in [-0.15, -0.1) is 12.4 Å². The van der Waals surface area contributed by atoms with Crippen LogP contribution >= 0.6 is 12.4 Å². The molecule has 0 saturated heterocycles. The van der Waals surface area contributed by atoms with Gasteiger partial charge in [0, 0.05) is 12.6 Å². The minimum atomic E-state index is 0. The first kappa shape index (κ1) is 18.5. The molecule has 0 aliphatic carbocycles. The van der Waals surface area contributed by atoms with E-state index >= 15 is 0 Å². The van der Waals surface area contributed by atoms with Gasteiger partial charge in [-0.2, -0.15) is 0 Å². The van der Waals surface area contributed by atoms with E-state index in [0.717, 1.165) is 18.7 Å². The zero-order valence-corrected chi connectivity index (χ0v) is 14.5. The van der Waals surface area contributed by atoms with Crippen LogP contribution in [-0.2, 0) is 13.2 Å². The first-order valence-electron chi connectivity index (χ1n) is 7.68. The Kier molecular flexibility index (Phi) is 8.00. The molecular formula is C19H26ClNO. The predicted molar refractivity (Wildman–Crippen MR) is 95.8 cm³/mol. The molecule has 120 valence electrons. The standard InChI is InChI=1S/C19H25NO.ClH/c1-4-16(3)20-13-18-6-5-7-19(12-18)21-14-17-10-8-15(2)9-11-17;/h5-12,16,20H,4,13-14H2,1-3H3;1H. The van der Waals surface area contributed by atoms with Crippen LogP contribution in [0.15, 0.2) is 48.5 Å². The van der Waals surface area contributed by atoms with E-state index < -0.39 is 0 Å². The zero-order chi connectivity index (χ0) is 15.1. The Bertz CT molecular complexity index is 554. The lowest BCUT2D eigenvalue weighted by molar-refractivity contribution is 0.306. The second-order valence-electron chi connectivity index (χ2n) is 5.61. The smallest absolute Gasteiger partial charge is 0.120 e. The maximum Gasteiger partial charge on any atom is 0.120 e. The fourth-order valence-corrected chi connectivity index (χ4v) is 2.03. The highest BCUT2D eigenvalue weighted by molar-refractivity contribution is 5.85. The summed E-state index contributed by atoms with van der Waals surface area (Å²) in [6.07, 6.45) is 1.14. The average molecular weight is 320 g/mol. The number of aryl methyl sites for hydroxylation is 1. The molecular weight excluding hydrogens is 294 g/mol. The van der Waals surface area contributed by atoms with Gasteiger partial charge in [0.2, 0.25) is 0 Å². The van der Waals surface area contributed by atoms with Crippen molar-refractivity contribution in [1.82, 2.24) is 5.32 Å². The summed E-state index contributed by atoms with van der Waals surface area (Å²) in [5, 5.41) is 3.50. The van der Waals surface area contributed by atoms with Gasteiger partial charge in [0.1, 0.15) is 12.4 Å². The maximum absolute atomic E-state index is 5.88. The van der Waals surface area contributed by atoms with Gasteiger partial charge >= 0.3 is 0 Å². The fraction of sp³-hybridized carbons (Fsp3) is 0.368. The van der Waals surface area contributed by atoms with Crippen molar-refractivity contribution in [3.8, 4) is 5.75 Å². The molecule has 1 unspecified atom stereocenters. The molecule has 0 spiro atoms. The van der Waals surface area contributed by atoms with Gasteiger partial charge in [0.05, 0.1) is 0 Å². The van der Waals surface area contributed by atoms with Gasteiger partial charge in [-0.25, -0.2) is 0 Å². The van der Waals surface area contributed by atoms with Crippen LogP contribution in [0.25, 0.3) is 0 Å². The van der Waals surface area contributed by atoms with E-state index in [1.807, 2.05) is 6.07 Å². The van der Waals surface area contributed by atoms with Crippen molar-refractivity contribution in [2.75, 3.05) is 0 Å². The van der Waals surface area contributed by atoms with Crippen molar-refractivity contribution in [2.24, 2.45) is 0 Å². The third-order valence-electron chi connectivity index (χ3n) is 3.69. The molecule has 0 aliphatic rings. The summed E-state index contributed by atoms with van der Waals surface area (Å²) in [6.45, 7) is 7.99. The Balaban J connectivity index is 0.00000242. The van der Waals surface area contributed by atoms with E-state index in [9.17, 15) is 0 Å². The Morgan fingerprint density at radius 3 is 2.45 bits per heavy atom. The van der Waals surface area contributed by atoms with Crippen LogP contribution in [0, 0.1) is 6.92 Å². The van der Waals surface area contributed by atoms with Gasteiger partial charge < -0.3 is 10.1 Å². The number of hydrogen-bond acceptors (Lipinski definition) is 2. The Morgan fingerprint density at radius 2 is 1.77 bits per heavy atom. The molecule has 2 nitrogen and oxygen atoms in total. The summed E-state index contributed by atoms with van der Waals surface area (Å²) in [5.41, 5.74) is 3.73. The van der Waals surface area contributed by atoms with E-state index in [4.69, 9.17) is 4.74 Å². The van der Waals surface area contributed by atoms with Crippen LogP contribution in [0.5, 0.6) is 5.75 Å². The molecule has 0 aliphatic heterocycles. The molecule has 1 N–H and O–H groups in total. The number of nitrogens with one attached hydrogen (secondary N) is 1. The van der Waals surface area contributed by atoms with Gasteiger partial charge in [-0.3, -0.25) is 0 Å². The highest BCUT2D eigenvalue weighted by atomic mass is 35.5. The van der Waals surface area contributed by atoms with E-state index in [0.29, 0.717) is 12.6 Å². The van der Waals surface area contributed by atoms with Crippen molar-refractivity contribution in [1.29, 1.82) is 0 Å². The number of rotatable bonds is 7. The molecule has 3 heteroatoms. The molecule has 0 bridgehead atoms. The molecule has 0 heterocycles. The molecule has 2 aromatic carbocycles. The summed E-state index contributed by atoms with van der Waals surface area (Å²) >= 11 is 0. The van der Waals surface area contributed by atoms with Crippen molar-refractivity contribution < 1.29 is 4.74 Å². The molecule has 0 saturated carbocycles. The van der Waals surface area contributed by atoms with E-state index in [1.54, 1.807) is 0 Å². The lowest BCUT2D eigenvalue weighted by Gasteiger charge is -2.12. The van der Waals surface area contributed by atoms with Crippen LogP contribution < -0.4 is 10.1 Å². The van der Waals surface area contributed by atoms with Crippen LogP contribution in [0.1, 0.15) is 37.0 Å². The first-order chi connectivity index (χ1) is 10.2. The van der Waals surface area contributed by atoms with E-state index in [2.05, 4.69) is 68.6 Å².